The number of esters is 1. The van der Waals surface area contributed by atoms with Gasteiger partial charge in [-0.1, -0.05) is 26.8 Å². The lowest BCUT2D eigenvalue weighted by molar-refractivity contribution is 0.0430. The van der Waals surface area contributed by atoms with Gasteiger partial charge in [0.1, 0.15) is 17.9 Å². The van der Waals surface area contributed by atoms with Gasteiger partial charge >= 0.3 is 5.97 Å². The van der Waals surface area contributed by atoms with E-state index in [1.54, 1.807) is 6.07 Å². The van der Waals surface area contributed by atoms with Crippen LogP contribution in [0.5, 0.6) is 5.75 Å². The van der Waals surface area contributed by atoms with Crippen LogP contribution < -0.4 is 0 Å². The number of carbonyl (C=O) groups excluding carboxylic acids is 1. The van der Waals surface area contributed by atoms with Gasteiger partial charge in [-0.05, 0) is 24.0 Å². The number of aliphatic hydroxyl groups excluding tert-OH is 1. The number of rotatable bonds is 3. The number of benzene rings is 1. The van der Waals surface area contributed by atoms with Crippen LogP contribution in [0.25, 0.3) is 0 Å². The molecule has 0 bridgehead atoms. The van der Waals surface area contributed by atoms with Crippen molar-refractivity contribution in [1.29, 1.82) is 0 Å². The number of aryl methyl sites for hydroxylation is 1. The number of carbonyl (C=O) groups is 1. The lowest BCUT2D eigenvalue weighted by atomic mass is 9.84. The Kier molecular flexibility index (Phi) is 4.35. The molecular formula is C14H20O4. The minimum atomic E-state index is -0.615. The van der Waals surface area contributed by atoms with Crippen molar-refractivity contribution in [1.82, 2.24) is 0 Å². The third-order valence-corrected chi connectivity index (χ3v) is 2.61. The van der Waals surface area contributed by atoms with E-state index in [2.05, 4.69) is 0 Å². The molecule has 0 aliphatic heterocycles. The molecule has 4 nitrogen and oxygen atoms in total. The van der Waals surface area contributed by atoms with Gasteiger partial charge in [0.25, 0.3) is 0 Å². The summed E-state index contributed by atoms with van der Waals surface area (Å²) in [6.45, 7) is 7.44. The predicted molar refractivity (Wildman–Crippen MR) is 68.9 cm³/mol. The summed E-state index contributed by atoms with van der Waals surface area (Å²) in [5.74, 6) is -0.660. The first-order valence-electron chi connectivity index (χ1n) is 5.89. The highest BCUT2D eigenvalue weighted by Gasteiger charge is 2.24. The van der Waals surface area contributed by atoms with Crippen molar-refractivity contribution in [2.24, 2.45) is 0 Å². The maximum absolute atomic E-state index is 11.8. The van der Waals surface area contributed by atoms with Crippen molar-refractivity contribution in [3.05, 3.63) is 28.8 Å². The third-order valence-electron chi connectivity index (χ3n) is 2.61. The van der Waals surface area contributed by atoms with Crippen molar-refractivity contribution >= 4 is 5.97 Å². The zero-order chi connectivity index (χ0) is 13.9. The Labute approximate surface area is 107 Å². The van der Waals surface area contributed by atoms with Crippen molar-refractivity contribution in [3.8, 4) is 5.75 Å². The van der Waals surface area contributed by atoms with Gasteiger partial charge in [-0.2, -0.15) is 0 Å². The Morgan fingerprint density at radius 1 is 1.33 bits per heavy atom. The second-order valence-corrected chi connectivity index (χ2v) is 5.32. The fraction of sp³-hybridized carbons (Fsp3) is 0.500. The summed E-state index contributed by atoms with van der Waals surface area (Å²) in [5.41, 5.74) is 1.47. The maximum atomic E-state index is 11.8. The number of hydrogen-bond donors (Lipinski definition) is 2. The van der Waals surface area contributed by atoms with E-state index in [9.17, 15) is 9.90 Å². The highest BCUT2D eigenvalue weighted by Crippen LogP contribution is 2.34. The summed E-state index contributed by atoms with van der Waals surface area (Å²) >= 11 is 0. The van der Waals surface area contributed by atoms with E-state index in [0.717, 1.165) is 5.56 Å². The van der Waals surface area contributed by atoms with Gasteiger partial charge in [0.15, 0.2) is 0 Å². The van der Waals surface area contributed by atoms with E-state index < -0.39 is 5.97 Å². The van der Waals surface area contributed by atoms with E-state index in [0.29, 0.717) is 5.56 Å². The van der Waals surface area contributed by atoms with Gasteiger partial charge in [0.05, 0.1) is 6.61 Å². The zero-order valence-electron chi connectivity index (χ0n) is 11.3. The van der Waals surface area contributed by atoms with E-state index in [1.165, 1.54) is 0 Å². The van der Waals surface area contributed by atoms with Gasteiger partial charge in [-0.3, -0.25) is 0 Å². The summed E-state index contributed by atoms with van der Waals surface area (Å²) in [6, 6.07) is 3.45. The first-order chi connectivity index (χ1) is 8.27. The van der Waals surface area contributed by atoms with Crippen LogP contribution in [0.15, 0.2) is 12.1 Å². The van der Waals surface area contributed by atoms with Crippen LogP contribution in [-0.2, 0) is 10.2 Å². The molecule has 1 aromatic carbocycles. The molecule has 2 N–H and O–H groups in total. The number of phenols is 1. The molecule has 4 heteroatoms. The Morgan fingerprint density at radius 2 is 1.94 bits per heavy atom. The molecule has 0 aliphatic carbocycles. The molecule has 0 spiro atoms. The number of phenolic OH excluding ortho intramolecular Hbond substituents is 1. The van der Waals surface area contributed by atoms with Crippen LogP contribution in [0.3, 0.4) is 0 Å². The Hall–Kier alpha value is -1.55. The van der Waals surface area contributed by atoms with Crippen LogP contribution in [0.4, 0.5) is 0 Å². The molecule has 100 valence electrons. The molecule has 18 heavy (non-hydrogen) atoms. The van der Waals surface area contributed by atoms with Gasteiger partial charge in [0.2, 0.25) is 0 Å². The van der Waals surface area contributed by atoms with Crippen molar-refractivity contribution in [3.63, 3.8) is 0 Å². The lowest BCUT2D eigenvalue weighted by Crippen LogP contribution is -2.15. The standard InChI is InChI=1S/C14H20O4/c1-9-7-10(13(17)18-6-5-15)12(16)11(8-9)14(2,3)4/h7-8,15-16H,5-6H2,1-4H3. The number of aliphatic hydroxyl groups is 1. The molecule has 1 aromatic rings. The number of ether oxygens (including phenoxy) is 1. The van der Waals surface area contributed by atoms with E-state index >= 15 is 0 Å². The SMILES string of the molecule is Cc1cc(C(=O)OCCO)c(O)c(C(C)(C)C)c1. The predicted octanol–water partition coefficient (Wildman–Crippen LogP) is 2.15. The monoisotopic (exact) mass is 252 g/mol. The summed E-state index contributed by atoms with van der Waals surface area (Å²) in [4.78, 5) is 11.8. The van der Waals surface area contributed by atoms with Crippen LogP contribution >= 0.6 is 0 Å². The van der Waals surface area contributed by atoms with Crippen molar-refractivity contribution in [2.75, 3.05) is 13.2 Å². The Morgan fingerprint density at radius 3 is 2.44 bits per heavy atom. The molecule has 0 atom stereocenters. The molecule has 0 radical (unpaired) electrons. The van der Waals surface area contributed by atoms with Crippen molar-refractivity contribution in [2.45, 2.75) is 33.1 Å². The summed E-state index contributed by atoms with van der Waals surface area (Å²) in [5, 5.41) is 18.8. The first kappa shape index (κ1) is 14.5. The summed E-state index contributed by atoms with van der Waals surface area (Å²) in [7, 11) is 0. The fourth-order valence-electron chi connectivity index (χ4n) is 1.72. The smallest absolute Gasteiger partial charge is 0.342 e. The second kappa shape index (κ2) is 5.40. The largest absolute Gasteiger partial charge is 0.507 e. The fourth-order valence-corrected chi connectivity index (χ4v) is 1.72. The second-order valence-electron chi connectivity index (χ2n) is 5.32. The summed E-state index contributed by atoms with van der Waals surface area (Å²) < 4.78 is 4.83. The quantitative estimate of drug-likeness (QED) is 0.809. The average molecular weight is 252 g/mol. The van der Waals surface area contributed by atoms with Gasteiger partial charge in [0, 0.05) is 5.56 Å². The van der Waals surface area contributed by atoms with E-state index in [1.807, 2.05) is 33.8 Å². The van der Waals surface area contributed by atoms with Crippen molar-refractivity contribution < 1.29 is 19.7 Å². The average Bonchev–Trinajstić information content (AvgIpc) is 2.27. The molecular weight excluding hydrogens is 232 g/mol. The molecule has 0 saturated heterocycles. The van der Waals surface area contributed by atoms with Crippen LogP contribution in [0.2, 0.25) is 0 Å². The van der Waals surface area contributed by atoms with Crippen LogP contribution in [-0.4, -0.2) is 29.4 Å². The Bertz CT molecular complexity index is 444. The van der Waals surface area contributed by atoms with E-state index in [4.69, 9.17) is 9.84 Å². The molecule has 1 rings (SSSR count). The maximum Gasteiger partial charge on any atom is 0.342 e. The van der Waals surface area contributed by atoms with Crippen LogP contribution in [0, 0.1) is 6.92 Å². The molecule has 0 aromatic heterocycles. The molecule has 0 unspecified atom stereocenters. The van der Waals surface area contributed by atoms with Gasteiger partial charge < -0.3 is 14.9 Å². The molecule has 0 amide bonds. The van der Waals surface area contributed by atoms with Gasteiger partial charge in [-0.25, -0.2) is 4.79 Å². The topological polar surface area (TPSA) is 66.8 Å². The minimum absolute atomic E-state index is 0.0453. The molecule has 0 heterocycles. The number of hydrogen-bond acceptors (Lipinski definition) is 4. The van der Waals surface area contributed by atoms with E-state index in [-0.39, 0.29) is 29.9 Å². The normalized spacial score (nSPS) is 11.4. The minimum Gasteiger partial charge on any atom is -0.507 e. The highest BCUT2D eigenvalue weighted by molar-refractivity contribution is 5.93. The molecule has 0 saturated carbocycles. The number of aromatic hydroxyl groups is 1. The zero-order valence-corrected chi connectivity index (χ0v) is 11.3. The molecule has 0 fully saturated rings. The third kappa shape index (κ3) is 3.23. The highest BCUT2D eigenvalue weighted by atomic mass is 16.5. The lowest BCUT2D eigenvalue weighted by Gasteiger charge is -2.22. The van der Waals surface area contributed by atoms with Gasteiger partial charge in [-0.15, -0.1) is 0 Å². The Balaban J connectivity index is 3.21. The van der Waals surface area contributed by atoms with Crippen LogP contribution in [0.1, 0.15) is 42.3 Å². The first-order valence-corrected chi connectivity index (χ1v) is 5.89. The summed E-state index contributed by atoms with van der Waals surface area (Å²) in [6.07, 6.45) is 0. The molecule has 0 aliphatic rings.